The molecule has 2 N–H and O–H groups in total. The second-order valence-corrected chi connectivity index (χ2v) is 7.13. The molecule has 1 aromatic heterocycles. The van der Waals surface area contributed by atoms with Crippen LogP contribution < -0.4 is 10.9 Å². The summed E-state index contributed by atoms with van der Waals surface area (Å²) in [6.45, 7) is 1.25. The lowest BCUT2D eigenvalue weighted by Crippen LogP contribution is -2.44. The van der Waals surface area contributed by atoms with Crippen LogP contribution in [0.25, 0.3) is 0 Å². The number of amides is 2. The molecule has 0 atom stereocenters. The summed E-state index contributed by atoms with van der Waals surface area (Å²) in [6, 6.07) is 6.31. The monoisotopic (exact) mass is 423 g/mol. The summed E-state index contributed by atoms with van der Waals surface area (Å²) < 4.78 is 4.78. The maximum Gasteiger partial charge on any atom is 0.306 e. The predicted molar refractivity (Wildman–Crippen MR) is 103 cm³/mol. The largest absolute Gasteiger partial charge is 0.455 e. The van der Waals surface area contributed by atoms with Crippen LogP contribution in [0.5, 0.6) is 0 Å². The van der Waals surface area contributed by atoms with Crippen LogP contribution in [-0.4, -0.2) is 35.2 Å². The first-order valence-corrected chi connectivity index (χ1v) is 9.52. The molecule has 8 nitrogen and oxygen atoms in total. The van der Waals surface area contributed by atoms with E-state index < -0.39 is 24.4 Å². The van der Waals surface area contributed by atoms with E-state index in [2.05, 4.69) is 15.8 Å². The number of rotatable bonds is 8. The summed E-state index contributed by atoms with van der Waals surface area (Å²) in [5.41, 5.74) is 5.61. The van der Waals surface area contributed by atoms with Crippen molar-refractivity contribution in [1.29, 1.82) is 0 Å². The lowest BCUT2D eigenvalue weighted by Gasteiger charge is -2.07. The summed E-state index contributed by atoms with van der Waals surface area (Å²) >= 11 is 7.09. The highest BCUT2D eigenvalue weighted by atomic mass is 35.5. The van der Waals surface area contributed by atoms with Crippen LogP contribution in [0.2, 0.25) is 5.02 Å². The third-order valence-corrected chi connectivity index (χ3v) is 4.62. The predicted octanol–water partition coefficient (Wildman–Crippen LogP) is 2.00. The van der Waals surface area contributed by atoms with Gasteiger partial charge >= 0.3 is 5.97 Å². The minimum absolute atomic E-state index is 0.0331. The number of hydrogen-bond acceptors (Lipinski definition) is 7. The van der Waals surface area contributed by atoms with Gasteiger partial charge in [0, 0.05) is 28.1 Å². The summed E-state index contributed by atoms with van der Waals surface area (Å²) in [7, 11) is 0. The molecule has 2 rings (SSSR count). The number of carbonyl (C=O) groups excluding carboxylic acids is 4. The summed E-state index contributed by atoms with van der Waals surface area (Å²) in [5, 5.41) is 2.95. The number of ketones is 1. The zero-order chi connectivity index (χ0) is 20.5. The average molecular weight is 424 g/mol. The Hall–Kier alpha value is -2.78. The van der Waals surface area contributed by atoms with Crippen LogP contribution in [0, 0.1) is 6.92 Å². The molecule has 10 heteroatoms. The first kappa shape index (κ1) is 21.5. The van der Waals surface area contributed by atoms with Crippen LogP contribution in [0.15, 0.2) is 29.6 Å². The van der Waals surface area contributed by atoms with Gasteiger partial charge in [-0.2, -0.15) is 0 Å². The van der Waals surface area contributed by atoms with Crippen molar-refractivity contribution in [2.24, 2.45) is 0 Å². The van der Waals surface area contributed by atoms with Crippen molar-refractivity contribution in [3.05, 3.63) is 50.9 Å². The van der Waals surface area contributed by atoms with Crippen molar-refractivity contribution in [1.82, 2.24) is 15.8 Å². The number of nitrogens with zero attached hydrogens (tertiary/aromatic N) is 1. The molecule has 1 aromatic carbocycles. The SMILES string of the molecule is Cc1csc(CC(=O)NNC(=O)COC(=O)CCC(=O)c2ccc(Cl)cc2)n1. The Morgan fingerprint density at radius 2 is 1.75 bits per heavy atom. The molecule has 0 saturated heterocycles. The molecule has 0 radical (unpaired) electrons. The van der Waals surface area contributed by atoms with Crippen molar-refractivity contribution in [2.75, 3.05) is 6.61 Å². The van der Waals surface area contributed by atoms with Crippen molar-refractivity contribution in [3.8, 4) is 0 Å². The van der Waals surface area contributed by atoms with Crippen molar-refractivity contribution in [2.45, 2.75) is 26.2 Å². The minimum atomic E-state index is -0.693. The average Bonchev–Trinajstić information content (AvgIpc) is 3.07. The van der Waals surface area contributed by atoms with Crippen LogP contribution >= 0.6 is 22.9 Å². The van der Waals surface area contributed by atoms with Gasteiger partial charge in [0.25, 0.3) is 5.91 Å². The van der Waals surface area contributed by atoms with E-state index in [0.717, 1.165) is 5.69 Å². The van der Waals surface area contributed by atoms with E-state index in [1.807, 2.05) is 12.3 Å². The first-order chi connectivity index (χ1) is 13.3. The quantitative estimate of drug-likeness (QED) is 0.381. The van der Waals surface area contributed by atoms with E-state index in [4.69, 9.17) is 16.3 Å². The molecule has 0 saturated carbocycles. The Bertz CT molecular complexity index is 866. The molecule has 2 amide bonds. The van der Waals surface area contributed by atoms with Gasteiger partial charge < -0.3 is 4.74 Å². The van der Waals surface area contributed by atoms with Crippen molar-refractivity contribution < 1.29 is 23.9 Å². The Balaban J connectivity index is 1.62. The van der Waals surface area contributed by atoms with Gasteiger partial charge in [0.2, 0.25) is 5.91 Å². The maximum absolute atomic E-state index is 11.9. The zero-order valence-electron chi connectivity index (χ0n) is 15.0. The van der Waals surface area contributed by atoms with Crippen molar-refractivity contribution in [3.63, 3.8) is 0 Å². The second kappa shape index (κ2) is 10.5. The number of Topliss-reactive ketones (excluding diaryl/α,β-unsaturated/α-hetero) is 1. The fraction of sp³-hybridized carbons (Fsp3) is 0.278. The first-order valence-electron chi connectivity index (χ1n) is 8.26. The van der Waals surface area contributed by atoms with E-state index in [-0.39, 0.29) is 25.0 Å². The molecule has 0 spiro atoms. The van der Waals surface area contributed by atoms with Gasteiger partial charge in [-0.05, 0) is 31.2 Å². The third-order valence-electron chi connectivity index (χ3n) is 3.41. The van der Waals surface area contributed by atoms with Crippen LogP contribution in [0.1, 0.15) is 33.9 Å². The number of aromatic nitrogens is 1. The highest BCUT2D eigenvalue weighted by Crippen LogP contribution is 2.12. The Kier molecular flexibility index (Phi) is 8.09. The topological polar surface area (TPSA) is 114 Å². The number of ether oxygens (including phenoxy) is 1. The normalized spacial score (nSPS) is 10.2. The molecule has 0 fully saturated rings. The lowest BCUT2D eigenvalue weighted by atomic mass is 10.1. The second-order valence-electron chi connectivity index (χ2n) is 5.75. The molecule has 0 unspecified atom stereocenters. The number of aryl methyl sites for hydroxylation is 1. The molecule has 148 valence electrons. The van der Waals surface area contributed by atoms with Gasteiger partial charge in [-0.1, -0.05) is 11.6 Å². The van der Waals surface area contributed by atoms with Gasteiger partial charge in [0.15, 0.2) is 12.4 Å². The standard InChI is InChI=1S/C18H18ClN3O5S/c1-11-10-28-17(20-11)8-15(24)21-22-16(25)9-27-18(26)7-6-14(23)12-2-4-13(19)5-3-12/h2-5,10H,6-9H2,1H3,(H,21,24)(H,22,25). The summed E-state index contributed by atoms with van der Waals surface area (Å²) in [5.74, 6) is -2.06. The van der Waals surface area contributed by atoms with E-state index >= 15 is 0 Å². The molecule has 1 heterocycles. The fourth-order valence-electron chi connectivity index (χ4n) is 2.05. The Morgan fingerprint density at radius 1 is 1.07 bits per heavy atom. The number of thiazole rings is 1. The Morgan fingerprint density at radius 3 is 2.39 bits per heavy atom. The van der Waals surface area contributed by atoms with E-state index in [1.165, 1.54) is 11.3 Å². The minimum Gasteiger partial charge on any atom is -0.455 e. The number of hydrazine groups is 1. The number of hydrogen-bond donors (Lipinski definition) is 2. The van der Waals surface area contributed by atoms with Gasteiger partial charge in [-0.25, -0.2) is 4.98 Å². The summed E-state index contributed by atoms with van der Waals surface area (Å²) in [6.07, 6.45) is -0.179. The summed E-state index contributed by atoms with van der Waals surface area (Å²) in [4.78, 5) is 51.0. The van der Waals surface area contributed by atoms with Crippen molar-refractivity contribution >= 4 is 46.5 Å². The molecule has 2 aromatic rings. The number of nitrogens with one attached hydrogen (secondary N) is 2. The molecular weight excluding hydrogens is 406 g/mol. The third kappa shape index (κ3) is 7.45. The van der Waals surface area contributed by atoms with Crippen LogP contribution in [-0.2, 0) is 25.5 Å². The lowest BCUT2D eigenvalue weighted by molar-refractivity contribution is -0.148. The number of benzene rings is 1. The number of carbonyl (C=O) groups is 4. The van der Waals surface area contributed by atoms with Gasteiger partial charge in [-0.3, -0.25) is 30.0 Å². The van der Waals surface area contributed by atoms with Crippen LogP contribution in [0.4, 0.5) is 0 Å². The molecule has 0 bridgehead atoms. The molecular formula is C18H18ClN3O5S. The van der Waals surface area contributed by atoms with Gasteiger partial charge in [0.05, 0.1) is 12.8 Å². The zero-order valence-corrected chi connectivity index (χ0v) is 16.6. The van der Waals surface area contributed by atoms with Crippen LogP contribution in [0.3, 0.4) is 0 Å². The number of halogens is 1. The highest BCUT2D eigenvalue weighted by molar-refractivity contribution is 7.09. The van der Waals surface area contributed by atoms with E-state index in [0.29, 0.717) is 15.6 Å². The molecule has 0 aliphatic carbocycles. The van der Waals surface area contributed by atoms with E-state index in [9.17, 15) is 19.2 Å². The van der Waals surface area contributed by atoms with E-state index in [1.54, 1.807) is 24.3 Å². The highest BCUT2D eigenvalue weighted by Gasteiger charge is 2.13. The number of esters is 1. The molecule has 28 heavy (non-hydrogen) atoms. The smallest absolute Gasteiger partial charge is 0.306 e. The van der Waals surface area contributed by atoms with Gasteiger partial charge in [0.1, 0.15) is 5.01 Å². The van der Waals surface area contributed by atoms with Gasteiger partial charge in [-0.15, -0.1) is 11.3 Å². The molecule has 0 aliphatic heterocycles. The molecule has 0 aliphatic rings. The Labute approximate surface area is 170 Å². The fourth-order valence-corrected chi connectivity index (χ4v) is 2.95. The maximum atomic E-state index is 11.9.